The molecule has 0 unspecified atom stereocenters. The number of carbonyl (C=O) groups excluding carboxylic acids is 1. The van der Waals surface area contributed by atoms with Crippen LogP contribution in [0.2, 0.25) is 4.34 Å². The van der Waals surface area contributed by atoms with Crippen LogP contribution in [-0.4, -0.2) is 17.4 Å². The number of thiophene rings is 2. The average molecular weight is 389 g/mol. The lowest BCUT2D eigenvalue weighted by Crippen LogP contribution is -2.36. The molecule has 0 saturated carbocycles. The molecule has 1 aliphatic heterocycles. The standard InChI is InChI=1S/C14H11BrClNOS2/c1-2-13(18)17-6-10(8-3-4-19-14(8)15)9-5-12(16)20-11(9)7-17/h2-5,10H,1,6-7H2/t10-/m1/s1. The summed E-state index contributed by atoms with van der Waals surface area (Å²) >= 11 is 13.0. The van der Waals surface area contributed by atoms with Crippen molar-refractivity contribution in [2.75, 3.05) is 6.54 Å². The minimum absolute atomic E-state index is 0.0310. The normalized spacial score (nSPS) is 17.9. The van der Waals surface area contributed by atoms with Gasteiger partial charge in [-0.05, 0) is 50.6 Å². The van der Waals surface area contributed by atoms with Gasteiger partial charge in [-0.3, -0.25) is 4.79 Å². The summed E-state index contributed by atoms with van der Waals surface area (Å²) < 4.78 is 1.89. The Hall–Kier alpha value is -0.620. The van der Waals surface area contributed by atoms with Crippen LogP contribution in [0.4, 0.5) is 0 Å². The van der Waals surface area contributed by atoms with Gasteiger partial charge < -0.3 is 4.90 Å². The lowest BCUT2D eigenvalue weighted by molar-refractivity contribution is -0.127. The quantitative estimate of drug-likeness (QED) is 0.671. The Morgan fingerprint density at radius 3 is 3.00 bits per heavy atom. The number of nitrogens with zero attached hydrogens (tertiary/aromatic N) is 1. The predicted molar refractivity (Wildman–Crippen MR) is 88.8 cm³/mol. The second-order valence-corrected chi connectivity index (χ2v) is 8.56. The highest BCUT2D eigenvalue weighted by molar-refractivity contribution is 9.11. The summed E-state index contributed by atoms with van der Waals surface area (Å²) in [7, 11) is 0. The Balaban J connectivity index is 2.06. The molecule has 0 spiro atoms. The highest BCUT2D eigenvalue weighted by Gasteiger charge is 2.31. The van der Waals surface area contributed by atoms with Crippen LogP contribution in [0.15, 0.2) is 34.0 Å². The SMILES string of the molecule is C=CC(=O)N1Cc2sc(Cl)cc2[C@@H](c2ccsc2Br)C1. The first-order chi connectivity index (χ1) is 9.60. The number of hydrogen-bond donors (Lipinski definition) is 0. The van der Waals surface area contributed by atoms with Crippen LogP contribution in [0.5, 0.6) is 0 Å². The summed E-state index contributed by atoms with van der Waals surface area (Å²) in [6.45, 7) is 4.87. The molecule has 2 aromatic rings. The van der Waals surface area contributed by atoms with E-state index < -0.39 is 0 Å². The zero-order valence-corrected chi connectivity index (χ0v) is 14.4. The molecule has 3 heterocycles. The molecule has 104 valence electrons. The van der Waals surface area contributed by atoms with Gasteiger partial charge in [0.15, 0.2) is 0 Å². The van der Waals surface area contributed by atoms with E-state index in [-0.39, 0.29) is 11.8 Å². The van der Waals surface area contributed by atoms with E-state index in [4.69, 9.17) is 11.6 Å². The van der Waals surface area contributed by atoms with Crippen molar-refractivity contribution < 1.29 is 4.79 Å². The summed E-state index contributed by atoms with van der Waals surface area (Å²) in [5.41, 5.74) is 2.46. The average Bonchev–Trinajstić information content (AvgIpc) is 3.01. The lowest BCUT2D eigenvalue weighted by Gasteiger charge is -2.32. The van der Waals surface area contributed by atoms with Gasteiger partial charge in [0.05, 0.1) is 14.7 Å². The molecule has 1 amide bonds. The third-order valence-electron chi connectivity index (χ3n) is 3.43. The molecular formula is C14H11BrClNOS2. The van der Waals surface area contributed by atoms with Crippen molar-refractivity contribution in [1.82, 2.24) is 4.90 Å². The maximum absolute atomic E-state index is 12.0. The zero-order chi connectivity index (χ0) is 14.3. The summed E-state index contributed by atoms with van der Waals surface area (Å²) in [6, 6.07) is 4.14. The van der Waals surface area contributed by atoms with Crippen LogP contribution in [0, 0.1) is 0 Å². The van der Waals surface area contributed by atoms with Gasteiger partial charge in [0.25, 0.3) is 0 Å². The number of carbonyl (C=O) groups is 1. The van der Waals surface area contributed by atoms with E-state index in [9.17, 15) is 4.79 Å². The van der Waals surface area contributed by atoms with Crippen LogP contribution < -0.4 is 0 Å². The minimum atomic E-state index is -0.0310. The molecule has 2 aromatic heterocycles. The van der Waals surface area contributed by atoms with E-state index in [1.165, 1.54) is 22.1 Å². The van der Waals surface area contributed by atoms with Gasteiger partial charge >= 0.3 is 0 Å². The summed E-state index contributed by atoms with van der Waals surface area (Å²) in [4.78, 5) is 15.0. The summed E-state index contributed by atoms with van der Waals surface area (Å²) in [6.07, 6.45) is 1.37. The van der Waals surface area contributed by atoms with Gasteiger partial charge in [0, 0.05) is 17.3 Å². The van der Waals surface area contributed by atoms with Crippen molar-refractivity contribution in [3.63, 3.8) is 0 Å². The van der Waals surface area contributed by atoms with E-state index in [0.717, 1.165) is 8.12 Å². The van der Waals surface area contributed by atoms with E-state index in [0.29, 0.717) is 13.1 Å². The fourth-order valence-corrected chi connectivity index (χ4v) is 5.27. The molecule has 0 aromatic carbocycles. The number of amides is 1. The van der Waals surface area contributed by atoms with E-state index in [2.05, 4.69) is 34.0 Å². The molecule has 1 aliphatic rings. The molecule has 0 aliphatic carbocycles. The van der Waals surface area contributed by atoms with Crippen molar-refractivity contribution >= 4 is 56.1 Å². The number of fused-ring (bicyclic) bond motifs is 1. The molecule has 2 nitrogen and oxygen atoms in total. The Bertz CT molecular complexity index is 679. The second kappa shape index (κ2) is 5.64. The van der Waals surface area contributed by atoms with E-state index >= 15 is 0 Å². The Morgan fingerprint density at radius 2 is 2.35 bits per heavy atom. The van der Waals surface area contributed by atoms with Crippen LogP contribution in [0.1, 0.15) is 21.9 Å². The van der Waals surface area contributed by atoms with Gasteiger partial charge in [-0.1, -0.05) is 18.2 Å². The van der Waals surface area contributed by atoms with Crippen molar-refractivity contribution in [1.29, 1.82) is 0 Å². The number of halogens is 2. The van der Waals surface area contributed by atoms with Crippen molar-refractivity contribution in [2.45, 2.75) is 12.5 Å². The fraction of sp³-hybridized carbons (Fsp3) is 0.214. The molecule has 0 bridgehead atoms. The molecule has 0 N–H and O–H groups in total. The van der Waals surface area contributed by atoms with Crippen molar-refractivity contribution in [3.8, 4) is 0 Å². The highest BCUT2D eigenvalue weighted by Crippen LogP contribution is 2.43. The third kappa shape index (κ3) is 2.48. The smallest absolute Gasteiger partial charge is 0.246 e. The Kier molecular flexibility index (Phi) is 4.04. The van der Waals surface area contributed by atoms with Crippen LogP contribution >= 0.6 is 50.2 Å². The number of hydrogen-bond acceptors (Lipinski definition) is 3. The monoisotopic (exact) mass is 387 g/mol. The van der Waals surface area contributed by atoms with E-state index in [1.807, 2.05) is 11.0 Å². The minimum Gasteiger partial charge on any atom is -0.333 e. The van der Waals surface area contributed by atoms with Gasteiger partial charge in [0.2, 0.25) is 5.91 Å². The zero-order valence-electron chi connectivity index (χ0n) is 10.4. The van der Waals surface area contributed by atoms with Gasteiger partial charge in [-0.2, -0.15) is 0 Å². The maximum Gasteiger partial charge on any atom is 0.246 e. The molecule has 20 heavy (non-hydrogen) atoms. The van der Waals surface area contributed by atoms with Crippen LogP contribution in [0.3, 0.4) is 0 Å². The first kappa shape index (κ1) is 14.3. The molecule has 0 saturated heterocycles. The topological polar surface area (TPSA) is 20.3 Å². The van der Waals surface area contributed by atoms with Gasteiger partial charge in [-0.15, -0.1) is 22.7 Å². The van der Waals surface area contributed by atoms with Gasteiger partial charge in [0.1, 0.15) is 0 Å². The molecule has 1 atom stereocenters. The molecule has 6 heteroatoms. The molecular weight excluding hydrogens is 378 g/mol. The number of rotatable bonds is 2. The highest BCUT2D eigenvalue weighted by atomic mass is 79.9. The second-order valence-electron chi connectivity index (χ2n) is 4.55. The third-order valence-corrected chi connectivity index (χ3v) is 6.43. The largest absolute Gasteiger partial charge is 0.333 e. The lowest BCUT2D eigenvalue weighted by atomic mass is 9.90. The van der Waals surface area contributed by atoms with Crippen molar-refractivity contribution in [3.05, 3.63) is 54.3 Å². The summed E-state index contributed by atoms with van der Waals surface area (Å²) in [5.74, 6) is 0.142. The molecule has 0 fully saturated rings. The fourth-order valence-electron chi connectivity index (χ4n) is 2.50. The van der Waals surface area contributed by atoms with Crippen molar-refractivity contribution in [2.24, 2.45) is 0 Å². The summed E-state index contributed by atoms with van der Waals surface area (Å²) in [5, 5.41) is 2.06. The molecule has 0 radical (unpaired) electrons. The van der Waals surface area contributed by atoms with Crippen LogP contribution in [-0.2, 0) is 11.3 Å². The van der Waals surface area contributed by atoms with Crippen LogP contribution in [0.25, 0.3) is 0 Å². The first-order valence-electron chi connectivity index (χ1n) is 6.02. The predicted octanol–water partition coefficient (Wildman–Crippen LogP) is 4.89. The first-order valence-corrected chi connectivity index (χ1v) is 8.89. The Morgan fingerprint density at radius 1 is 1.55 bits per heavy atom. The molecule has 3 rings (SSSR count). The maximum atomic E-state index is 12.0. The van der Waals surface area contributed by atoms with Gasteiger partial charge in [-0.25, -0.2) is 0 Å². The van der Waals surface area contributed by atoms with E-state index in [1.54, 1.807) is 22.7 Å². The Labute approximate surface area is 138 Å².